The molecule has 4 aliphatic carbocycles. The molecule has 0 aliphatic heterocycles. The van der Waals surface area contributed by atoms with Crippen LogP contribution in [0.15, 0.2) is 0 Å². The molecule has 3 nitrogen and oxygen atoms in total. The molecule has 4 fully saturated rings. The fraction of sp³-hybridized carbons (Fsp3) is 0.875. The first-order valence-electron chi connectivity index (χ1n) is 8.08. The van der Waals surface area contributed by atoms with Gasteiger partial charge in [0, 0.05) is 18.4 Å². The lowest BCUT2D eigenvalue weighted by Gasteiger charge is -2.60. The van der Waals surface area contributed by atoms with Gasteiger partial charge in [0.2, 0.25) is 0 Å². The predicted octanol–water partition coefficient (Wildman–Crippen LogP) is 3.16. The fourth-order valence-electron chi connectivity index (χ4n) is 5.77. The van der Waals surface area contributed by atoms with Gasteiger partial charge in [-0.1, -0.05) is 6.92 Å². The van der Waals surface area contributed by atoms with Crippen LogP contribution in [-0.4, -0.2) is 23.8 Å². The highest BCUT2D eigenvalue weighted by atomic mass is 32.1. The van der Waals surface area contributed by atoms with Gasteiger partial charge >= 0.3 is 0 Å². The largest absolute Gasteiger partial charge is 0.319 e. The summed E-state index contributed by atoms with van der Waals surface area (Å²) in [4.78, 5) is 0. The molecule has 0 saturated heterocycles. The minimum atomic E-state index is 0.397. The molecule has 2 unspecified atom stereocenters. The normalized spacial score (nSPS) is 42.3. The minimum Gasteiger partial charge on any atom is -0.319 e. The van der Waals surface area contributed by atoms with Crippen molar-refractivity contribution in [3.63, 3.8) is 0 Å². The summed E-state index contributed by atoms with van der Waals surface area (Å²) >= 11 is 1.90. The zero-order chi connectivity index (χ0) is 13.8. The molecule has 4 saturated carbocycles. The molecule has 0 aromatic carbocycles. The van der Waals surface area contributed by atoms with Gasteiger partial charge in [-0.05, 0) is 62.8 Å². The lowest BCUT2D eigenvalue weighted by molar-refractivity contribution is -0.0618. The first-order valence-corrected chi connectivity index (χ1v) is 8.90. The molecular weight excluding hydrogens is 266 g/mol. The lowest BCUT2D eigenvalue weighted by Crippen LogP contribution is -2.52. The van der Waals surface area contributed by atoms with Gasteiger partial charge in [-0.15, -0.1) is 21.5 Å². The number of rotatable bonds is 4. The summed E-state index contributed by atoms with van der Waals surface area (Å²) in [5, 5.41) is 14.9. The third-order valence-corrected chi connectivity index (χ3v) is 7.09. The highest BCUT2D eigenvalue weighted by Gasteiger charge is 2.57. The third-order valence-electron chi connectivity index (χ3n) is 5.86. The number of hydrogen-bond acceptors (Lipinski definition) is 4. The Labute approximate surface area is 125 Å². The van der Waals surface area contributed by atoms with E-state index in [1.165, 1.54) is 48.5 Å². The Hall–Kier alpha value is -0.480. The maximum Gasteiger partial charge on any atom is 0.123 e. The van der Waals surface area contributed by atoms with Crippen molar-refractivity contribution in [3.05, 3.63) is 10.0 Å². The molecule has 1 aromatic rings. The van der Waals surface area contributed by atoms with Crippen LogP contribution in [0.4, 0.5) is 0 Å². The van der Waals surface area contributed by atoms with Crippen molar-refractivity contribution in [1.82, 2.24) is 15.5 Å². The average Bonchev–Trinajstić information content (AvgIpc) is 2.82. The zero-order valence-corrected chi connectivity index (χ0v) is 13.4. The van der Waals surface area contributed by atoms with E-state index in [9.17, 15) is 0 Å². The summed E-state index contributed by atoms with van der Waals surface area (Å²) in [6, 6.07) is 0. The Balaban J connectivity index is 1.62. The van der Waals surface area contributed by atoms with Crippen LogP contribution in [0.25, 0.3) is 0 Å². The van der Waals surface area contributed by atoms with Gasteiger partial charge < -0.3 is 5.32 Å². The van der Waals surface area contributed by atoms with Crippen LogP contribution in [0.5, 0.6) is 0 Å². The second-order valence-electron chi connectivity index (χ2n) is 7.91. The van der Waals surface area contributed by atoms with E-state index in [4.69, 9.17) is 0 Å². The van der Waals surface area contributed by atoms with Crippen LogP contribution < -0.4 is 5.32 Å². The maximum absolute atomic E-state index is 4.63. The van der Waals surface area contributed by atoms with Crippen LogP contribution >= 0.6 is 11.3 Å². The Morgan fingerprint density at radius 2 is 1.95 bits per heavy atom. The molecular formula is C16H25N3S. The van der Waals surface area contributed by atoms with Crippen molar-refractivity contribution in [2.45, 2.75) is 57.3 Å². The van der Waals surface area contributed by atoms with Crippen molar-refractivity contribution in [1.29, 1.82) is 0 Å². The number of aromatic nitrogens is 2. The van der Waals surface area contributed by atoms with Gasteiger partial charge in [-0.25, -0.2) is 0 Å². The van der Waals surface area contributed by atoms with E-state index >= 15 is 0 Å². The number of nitrogens with one attached hydrogen (secondary N) is 1. The quantitative estimate of drug-likeness (QED) is 0.926. The smallest absolute Gasteiger partial charge is 0.123 e. The molecule has 4 heteroatoms. The molecule has 110 valence electrons. The SMILES string of the molecule is CNCCc1nnc(C23CC4CC(CC(C)(C4)C2)C3)s1. The van der Waals surface area contributed by atoms with E-state index < -0.39 is 0 Å². The van der Waals surface area contributed by atoms with E-state index in [0.717, 1.165) is 24.8 Å². The molecule has 1 heterocycles. The first kappa shape index (κ1) is 13.2. The summed E-state index contributed by atoms with van der Waals surface area (Å²) in [5.41, 5.74) is 0.995. The Morgan fingerprint density at radius 3 is 2.60 bits per heavy atom. The van der Waals surface area contributed by atoms with Crippen molar-refractivity contribution in [2.24, 2.45) is 17.3 Å². The second-order valence-corrected chi connectivity index (χ2v) is 8.97. The van der Waals surface area contributed by atoms with Gasteiger partial charge in [-0.2, -0.15) is 0 Å². The third kappa shape index (κ3) is 2.03. The zero-order valence-electron chi connectivity index (χ0n) is 12.6. The molecule has 1 N–H and O–H groups in total. The molecule has 20 heavy (non-hydrogen) atoms. The Morgan fingerprint density at radius 1 is 1.20 bits per heavy atom. The van der Waals surface area contributed by atoms with Gasteiger partial charge in [-0.3, -0.25) is 0 Å². The van der Waals surface area contributed by atoms with Crippen molar-refractivity contribution < 1.29 is 0 Å². The van der Waals surface area contributed by atoms with E-state index in [-0.39, 0.29) is 0 Å². The molecule has 4 bridgehead atoms. The van der Waals surface area contributed by atoms with Crippen LogP contribution in [0.1, 0.15) is 55.5 Å². The van der Waals surface area contributed by atoms with Crippen LogP contribution in [0, 0.1) is 17.3 Å². The van der Waals surface area contributed by atoms with E-state index in [0.29, 0.717) is 10.8 Å². The Bertz CT molecular complexity index is 496. The standard InChI is InChI=1S/C16H25N3S/c1-15-6-11-5-12(7-15)9-16(8-11,10-15)14-19-18-13(20-14)3-4-17-2/h11-12,17H,3-10H2,1-2H3. The summed E-state index contributed by atoms with van der Waals surface area (Å²) in [5.74, 6) is 1.93. The van der Waals surface area contributed by atoms with Crippen molar-refractivity contribution in [3.8, 4) is 0 Å². The molecule has 0 spiro atoms. The molecule has 0 amide bonds. The Kier molecular flexibility index (Phi) is 2.97. The monoisotopic (exact) mass is 291 g/mol. The first-order chi connectivity index (χ1) is 9.61. The fourth-order valence-corrected chi connectivity index (χ4v) is 6.82. The summed E-state index contributed by atoms with van der Waals surface area (Å²) in [6.45, 7) is 3.53. The second kappa shape index (κ2) is 4.51. The number of nitrogens with zero attached hydrogens (tertiary/aromatic N) is 2. The molecule has 5 rings (SSSR count). The molecule has 0 radical (unpaired) electrons. The minimum absolute atomic E-state index is 0.397. The van der Waals surface area contributed by atoms with E-state index in [1.807, 2.05) is 18.4 Å². The molecule has 2 atom stereocenters. The van der Waals surface area contributed by atoms with Gasteiger partial charge in [0.15, 0.2) is 0 Å². The highest BCUT2D eigenvalue weighted by Crippen LogP contribution is 2.65. The molecule has 4 aliphatic rings. The summed E-state index contributed by atoms with van der Waals surface area (Å²) in [6.07, 6.45) is 9.59. The van der Waals surface area contributed by atoms with Crippen LogP contribution in [-0.2, 0) is 11.8 Å². The highest BCUT2D eigenvalue weighted by molar-refractivity contribution is 7.11. The number of likely N-dealkylation sites (N-methyl/N-ethyl adjacent to an activating group) is 1. The average molecular weight is 291 g/mol. The lowest BCUT2D eigenvalue weighted by atomic mass is 9.45. The van der Waals surface area contributed by atoms with E-state index in [1.54, 1.807) is 0 Å². The maximum atomic E-state index is 4.63. The van der Waals surface area contributed by atoms with Gasteiger partial charge in [0.05, 0.1) is 0 Å². The predicted molar refractivity (Wildman–Crippen MR) is 82.0 cm³/mol. The number of hydrogen-bond donors (Lipinski definition) is 1. The van der Waals surface area contributed by atoms with Crippen LogP contribution in [0.3, 0.4) is 0 Å². The summed E-state index contributed by atoms with van der Waals surface area (Å²) in [7, 11) is 2.00. The van der Waals surface area contributed by atoms with Crippen molar-refractivity contribution in [2.75, 3.05) is 13.6 Å². The molecule has 1 aromatic heterocycles. The van der Waals surface area contributed by atoms with Gasteiger partial charge in [0.1, 0.15) is 10.0 Å². The van der Waals surface area contributed by atoms with Gasteiger partial charge in [0.25, 0.3) is 0 Å². The topological polar surface area (TPSA) is 37.8 Å². The van der Waals surface area contributed by atoms with E-state index in [2.05, 4.69) is 22.4 Å². The van der Waals surface area contributed by atoms with Crippen LogP contribution in [0.2, 0.25) is 0 Å². The van der Waals surface area contributed by atoms with Crippen molar-refractivity contribution >= 4 is 11.3 Å². The summed E-state index contributed by atoms with van der Waals surface area (Å²) < 4.78 is 0.